The average molecular weight is 288 g/mol. The van der Waals surface area contributed by atoms with Crippen molar-refractivity contribution < 1.29 is 0 Å². The molecule has 0 aliphatic carbocycles. The maximum atomic E-state index is 9.15. The highest BCUT2D eigenvalue weighted by atomic mass is 15.3. The summed E-state index contributed by atoms with van der Waals surface area (Å²) >= 11 is 0. The van der Waals surface area contributed by atoms with Crippen LogP contribution in [0, 0.1) is 11.3 Å². The molecule has 1 atom stereocenters. The number of nitrogens with zero attached hydrogens (tertiary/aromatic N) is 4. The summed E-state index contributed by atoms with van der Waals surface area (Å²) in [6.07, 6.45) is 3.34. The zero-order valence-electron chi connectivity index (χ0n) is 13.8. The van der Waals surface area contributed by atoms with E-state index in [0.717, 1.165) is 38.4 Å². The van der Waals surface area contributed by atoms with Gasteiger partial charge in [-0.15, -0.1) is 0 Å². The predicted molar refractivity (Wildman–Crippen MR) is 86.0 cm³/mol. The molecule has 0 aromatic carbocycles. The third-order valence-electron chi connectivity index (χ3n) is 4.56. The van der Waals surface area contributed by atoms with Gasteiger partial charge in [-0.25, -0.2) is 0 Å². The third-order valence-corrected chi connectivity index (χ3v) is 4.56. The standard InChI is InChI=1S/C17H28N4/c1-5-16-13-19(7-8-21(16)14(3)4)11-15-9-17(10-18)20(6-2)12-15/h9,12,14,16H,5-8,11,13H2,1-4H3/t16-/m1/s1. The van der Waals surface area contributed by atoms with Gasteiger partial charge in [0.1, 0.15) is 11.8 Å². The topological polar surface area (TPSA) is 35.2 Å². The summed E-state index contributed by atoms with van der Waals surface area (Å²) in [5, 5.41) is 9.15. The summed E-state index contributed by atoms with van der Waals surface area (Å²) in [6, 6.07) is 5.61. The van der Waals surface area contributed by atoms with Gasteiger partial charge in [-0.1, -0.05) is 6.92 Å². The van der Waals surface area contributed by atoms with Gasteiger partial charge in [0.25, 0.3) is 0 Å². The second kappa shape index (κ2) is 7.11. The molecule has 0 unspecified atom stereocenters. The van der Waals surface area contributed by atoms with Crippen molar-refractivity contribution in [2.75, 3.05) is 19.6 Å². The molecule has 1 aromatic rings. The fourth-order valence-corrected chi connectivity index (χ4v) is 3.39. The smallest absolute Gasteiger partial charge is 0.120 e. The lowest BCUT2D eigenvalue weighted by Crippen LogP contribution is -2.54. The van der Waals surface area contributed by atoms with Crippen LogP contribution in [0.3, 0.4) is 0 Å². The van der Waals surface area contributed by atoms with Crippen LogP contribution in [-0.4, -0.2) is 46.1 Å². The van der Waals surface area contributed by atoms with Crippen LogP contribution in [0.1, 0.15) is 45.4 Å². The molecule has 116 valence electrons. The fourth-order valence-electron chi connectivity index (χ4n) is 3.39. The van der Waals surface area contributed by atoms with Gasteiger partial charge in [0, 0.05) is 51.0 Å². The summed E-state index contributed by atoms with van der Waals surface area (Å²) in [5.74, 6) is 0. The summed E-state index contributed by atoms with van der Waals surface area (Å²) in [4.78, 5) is 5.15. The molecule has 1 aliphatic rings. The zero-order valence-corrected chi connectivity index (χ0v) is 13.8. The average Bonchev–Trinajstić information content (AvgIpc) is 2.88. The Morgan fingerprint density at radius 3 is 2.62 bits per heavy atom. The summed E-state index contributed by atoms with van der Waals surface area (Å²) in [7, 11) is 0. The van der Waals surface area contributed by atoms with Crippen molar-refractivity contribution in [1.82, 2.24) is 14.4 Å². The van der Waals surface area contributed by atoms with Crippen LogP contribution >= 0.6 is 0 Å². The van der Waals surface area contributed by atoms with E-state index in [2.05, 4.69) is 49.8 Å². The van der Waals surface area contributed by atoms with Gasteiger partial charge in [-0.05, 0) is 38.8 Å². The number of aromatic nitrogens is 1. The number of aryl methyl sites for hydroxylation is 1. The van der Waals surface area contributed by atoms with Gasteiger partial charge in [-0.2, -0.15) is 5.26 Å². The van der Waals surface area contributed by atoms with E-state index in [9.17, 15) is 0 Å². The molecule has 4 nitrogen and oxygen atoms in total. The van der Waals surface area contributed by atoms with Crippen molar-refractivity contribution in [2.45, 2.75) is 59.3 Å². The monoisotopic (exact) mass is 288 g/mol. The van der Waals surface area contributed by atoms with Crippen LogP contribution in [0.4, 0.5) is 0 Å². The van der Waals surface area contributed by atoms with Gasteiger partial charge in [0.2, 0.25) is 0 Å². The molecule has 2 rings (SSSR count). The van der Waals surface area contributed by atoms with Gasteiger partial charge in [-0.3, -0.25) is 9.80 Å². The van der Waals surface area contributed by atoms with Crippen molar-refractivity contribution in [3.8, 4) is 6.07 Å². The number of piperazine rings is 1. The molecule has 4 heteroatoms. The molecule has 0 bridgehead atoms. The number of nitriles is 1. The molecule has 0 saturated carbocycles. The highest BCUT2D eigenvalue weighted by molar-refractivity contribution is 5.28. The minimum atomic E-state index is 0.628. The van der Waals surface area contributed by atoms with Crippen LogP contribution in [0.5, 0.6) is 0 Å². The summed E-state index contributed by atoms with van der Waals surface area (Å²) in [5.41, 5.74) is 2.04. The molecule has 2 heterocycles. The van der Waals surface area contributed by atoms with Gasteiger partial charge < -0.3 is 4.57 Å². The number of hydrogen-bond acceptors (Lipinski definition) is 3. The lowest BCUT2D eigenvalue weighted by molar-refractivity contribution is 0.0457. The Kier molecular flexibility index (Phi) is 5.44. The Bertz CT molecular complexity index is 497. The Morgan fingerprint density at radius 1 is 1.33 bits per heavy atom. The largest absolute Gasteiger partial charge is 0.339 e. The zero-order chi connectivity index (χ0) is 15.4. The van der Waals surface area contributed by atoms with E-state index in [-0.39, 0.29) is 0 Å². The van der Waals surface area contributed by atoms with Crippen LogP contribution in [0.15, 0.2) is 12.3 Å². The number of rotatable bonds is 5. The van der Waals surface area contributed by atoms with E-state index in [4.69, 9.17) is 5.26 Å². The lowest BCUT2D eigenvalue weighted by Gasteiger charge is -2.43. The van der Waals surface area contributed by atoms with Crippen molar-refractivity contribution in [1.29, 1.82) is 5.26 Å². The molecule has 21 heavy (non-hydrogen) atoms. The van der Waals surface area contributed by atoms with Gasteiger partial charge >= 0.3 is 0 Å². The normalized spacial score (nSPS) is 20.9. The molecule has 1 fully saturated rings. The van der Waals surface area contributed by atoms with Crippen LogP contribution in [0.2, 0.25) is 0 Å². The first-order chi connectivity index (χ1) is 10.1. The maximum absolute atomic E-state index is 9.15. The van der Waals surface area contributed by atoms with Gasteiger partial charge in [0.05, 0.1) is 0 Å². The summed E-state index contributed by atoms with van der Waals surface area (Å²) in [6.45, 7) is 14.2. The van der Waals surface area contributed by atoms with E-state index in [1.165, 1.54) is 12.0 Å². The molecule has 0 N–H and O–H groups in total. The Morgan fingerprint density at radius 2 is 2.10 bits per heavy atom. The minimum Gasteiger partial charge on any atom is -0.339 e. The second-order valence-electron chi connectivity index (χ2n) is 6.26. The van der Waals surface area contributed by atoms with Crippen molar-refractivity contribution in [2.24, 2.45) is 0 Å². The van der Waals surface area contributed by atoms with E-state index in [0.29, 0.717) is 12.1 Å². The molecular formula is C17H28N4. The SMILES string of the molecule is CC[C@@H]1CN(Cc2cc(C#N)n(CC)c2)CCN1C(C)C. The first-order valence-corrected chi connectivity index (χ1v) is 8.16. The molecule has 1 saturated heterocycles. The van der Waals surface area contributed by atoms with Crippen molar-refractivity contribution in [3.05, 3.63) is 23.5 Å². The number of hydrogen-bond donors (Lipinski definition) is 0. The lowest BCUT2D eigenvalue weighted by atomic mass is 10.1. The van der Waals surface area contributed by atoms with Gasteiger partial charge in [0.15, 0.2) is 0 Å². The second-order valence-corrected chi connectivity index (χ2v) is 6.26. The fraction of sp³-hybridized carbons (Fsp3) is 0.706. The molecule has 1 aromatic heterocycles. The van der Waals surface area contributed by atoms with E-state index >= 15 is 0 Å². The van der Waals surface area contributed by atoms with Crippen LogP contribution in [0.25, 0.3) is 0 Å². The molecule has 1 aliphatic heterocycles. The summed E-state index contributed by atoms with van der Waals surface area (Å²) < 4.78 is 2.04. The Labute approximate surface area is 129 Å². The maximum Gasteiger partial charge on any atom is 0.120 e. The van der Waals surface area contributed by atoms with E-state index < -0.39 is 0 Å². The first-order valence-electron chi connectivity index (χ1n) is 8.16. The first kappa shape index (κ1) is 16.1. The molecule has 0 amide bonds. The van der Waals surface area contributed by atoms with Crippen molar-refractivity contribution >= 4 is 0 Å². The predicted octanol–water partition coefficient (Wildman–Crippen LogP) is 2.68. The minimum absolute atomic E-state index is 0.628. The van der Waals surface area contributed by atoms with Crippen LogP contribution < -0.4 is 0 Å². The molecule has 0 spiro atoms. The Balaban J connectivity index is 2.01. The molecular weight excluding hydrogens is 260 g/mol. The van der Waals surface area contributed by atoms with E-state index in [1.807, 2.05) is 10.6 Å². The third kappa shape index (κ3) is 3.66. The highest BCUT2D eigenvalue weighted by Crippen LogP contribution is 2.18. The van der Waals surface area contributed by atoms with E-state index in [1.54, 1.807) is 0 Å². The Hall–Kier alpha value is -1.31. The molecule has 0 radical (unpaired) electrons. The highest BCUT2D eigenvalue weighted by Gasteiger charge is 2.27. The van der Waals surface area contributed by atoms with Crippen LogP contribution in [-0.2, 0) is 13.1 Å². The quantitative estimate of drug-likeness (QED) is 0.835. The van der Waals surface area contributed by atoms with Crippen molar-refractivity contribution in [3.63, 3.8) is 0 Å².